The first-order chi connectivity index (χ1) is 16.1. The molecule has 0 aliphatic rings. The van der Waals surface area contributed by atoms with Crippen molar-refractivity contribution < 1.29 is 9.18 Å². The number of nitrogens with one attached hydrogen (secondary N) is 1. The lowest BCUT2D eigenvalue weighted by molar-refractivity contribution is 0.0947. The van der Waals surface area contributed by atoms with Gasteiger partial charge in [0.15, 0.2) is 5.65 Å². The van der Waals surface area contributed by atoms with Crippen LogP contribution in [0.2, 0.25) is 0 Å². The number of halogens is 1. The van der Waals surface area contributed by atoms with E-state index in [2.05, 4.69) is 25.4 Å². The van der Waals surface area contributed by atoms with Crippen molar-refractivity contribution in [2.75, 3.05) is 6.54 Å². The summed E-state index contributed by atoms with van der Waals surface area (Å²) < 4.78 is 16.8. The van der Waals surface area contributed by atoms with Gasteiger partial charge in [-0.3, -0.25) is 19.1 Å². The van der Waals surface area contributed by atoms with Crippen LogP contribution in [0.15, 0.2) is 72.0 Å². The maximum Gasteiger partial charge on any atom is 0.271 e. The number of hydrogen-bond acceptors (Lipinski definition) is 6. The molecule has 0 atom stereocenters. The van der Waals surface area contributed by atoms with Crippen molar-refractivity contribution >= 4 is 28.0 Å². The zero-order valence-corrected chi connectivity index (χ0v) is 17.3. The molecule has 0 spiro atoms. The fraction of sp³-hybridized carbons (Fsp3) is 0.130. The van der Waals surface area contributed by atoms with Gasteiger partial charge in [-0.05, 0) is 18.2 Å². The number of benzene rings is 2. The van der Waals surface area contributed by atoms with Gasteiger partial charge in [0, 0.05) is 12.1 Å². The number of nitrogens with zero attached hydrogens (tertiary/aromatic N) is 6. The normalized spacial score (nSPS) is 11.2. The quantitative estimate of drug-likeness (QED) is 0.431. The van der Waals surface area contributed by atoms with E-state index in [4.69, 9.17) is 0 Å². The van der Waals surface area contributed by atoms with E-state index in [9.17, 15) is 14.0 Å². The lowest BCUT2D eigenvalue weighted by atomic mass is 10.2. The highest BCUT2D eigenvalue weighted by atomic mass is 19.1. The van der Waals surface area contributed by atoms with Crippen LogP contribution in [0, 0.1) is 5.82 Å². The molecule has 0 unspecified atom stereocenters. The molecule has 10 heteroatoms. The molecule has 3 aromatic heterocycles. The van der Waals surface area contributed by atoms with Crippen LogP contribution in [-0.2, 0) is 13.1 Å². The Morgan fingerprint density at radius 2 is 1.79 bits per heavy atom. The first-order valence-corrected chi connectivity index (χ1v) is 10.2. The number of fused-ring (bicyclic) bond motifs is 2. The Hall–Kier alpha value is -4.47. The minimum Gasteiger partial charge on any atom is -0.349 e. The molecule has 164 valence electrons. The van der Waals surface area contributed by atoms with Gasteiger partial charge in [-0.15, -0.1) is 0 Å². The lowest BCUT2D eigenvalue weighted by Gasteiger charge is -2.08. The second-order valence-corrected chi connectivity index (χ2v) is 7.37. The van der Waals surface area contributed by atoms with Crippen LogP contribution >= 0.6 is 0 Å². The summed E-state index contributed by atoms with van der Waals surface area (Å²) in [7, 11) is 0. The third-order valence-electron chi connectivity index (χ3n) is 5.21. The van der Waals surface area contributed by atoms with Gasteiger partial charge in [-0.1, -0.05) is 30.3 Å². The molecule has 0 fully saturated rings. The number of carbonyl (C=O) groups excluding carboxylic acids is 1. The van der Waals surface area contributed by atoms with Crippen LogP contribution in [0.1, 0.15) is 16.1 Å². The molecule has 0 bridgehead atoms. The minimum atomic E-state index is -0.382. The summed E-state index contributed by atoms with van der Waals surface area (Å²) in [5.41, 5.74) is 2.04. The maximum atomic E-state index is 13.9. The minimum absolute atomic E-state index is 0.0719. The molecule has 0 radical (unpaired) electrons. The molecular weight excluding hydrogens is 425 g/mol. The highest BCUT2D eigenvalue weighted by Gasteiger charge is 2.13. The van der Waals surface area contributed by atoms with E-state index in [1.807, 2.05) is 18.2 Å². The van der Waals surface area contributed by atoms with Crippen LogP contribution < -0.4 is 10.9 Å². The predicted molar refractivity (Wildman–Crippen MR) is 119 cm³/mol. The highest BCUT2D eigenvalue weighted by molar-refractivity contribution is 5.93. The maximum absolute atomic E-state index is 13.9. The first-order valence-electron chi connectivity index (χ1n) is 10.2. The second kappa shape index (κ2) is 8.58. The Bertz CT molecular complexity index is 1540. The Balaban J connectivity index is 1.28. The number of amides is 1. The smallest absolute Gasteiger partial charge is 0.271 e. The average molecular weight is 443 g/mol. The van der Waals surface area contributed by atoms with E-state index in [1.54, 1.807) is 24.3 Å². The van der Waals surface area contributed by atoms with E-state index >= 15 is 0 Å². The van der Waals surface area contributed by atoms with Crippen molar-refractivity contribution in [3.8, 4) is 0 Å². The van der Waals surface area contributed by atoms with Crippen LogP contribution in [-0.4, -0.2) is 41.8 Å². The third-order valence-corrected chi connectivity index (χ3v) is 5.21. The monoisotopic (exact) mass is 443 g/mol. The molecule has 2 aromatic carbocycles. The summed E-state index contributed by atoms with van der Waals surface area (Å²) in [4.78, 5) is 38.1. The summed E-state index contributed by atoms with van der Waals surface area (Å²) in [6, 6.07) is 13.6. The molecule has 0 aliphatic heterocycles. The van der Waals surface area contributed by atoms with E-state index in [-0.39, 0.29) is 36.1 Å². The Kier molecular flexibility index (Phi) is 5.31. The lowest BCUT2D eigenvalue weighted by Crippen LogP contribution is -2.28. The summed E-state index contributed by atoms with van der Waals surface area (Å²) in [5, 5.41) is 7.32. The molecule has 5 rings (SSSR count). The molecule has 9 nitrogen and oxygen atoms in total. The first kappa shape index (κ1) is 20.4. The molecule has 5 aromatic rings. The Morgan fingerprint density at radius 3 is 2.64 bits per heavy atom. The van der Waals surface area contributed by atoms with Crippen molar-refractivity contribution in [3.63, 3.8) is 0 Å². The fourth-order valence-electron chi connectivity index (χ4n) is 3.52. The number of carbonyl (C=O) groups is 1. The molecule has 1 amide bonds. The van der Waals surface area contributed by atoms with Crippen LogP contribution in [0.5, 0.6) is 0 Å². The van der Waals surface area contributed by atoms with Gasteiger partial charge in [0.05, 0.1) is 36.5 Å². The molecule has 1 N–H and O–H groups in total. The van der Waals surface area contributed by atoms with Crippen molar-refractivity contribution in [2.45, 2.75) is 13.1 Å². The van der Waals surface area contributed by atoms with Crippen molar-refractivity contribution in [3.05, 3.63) is 94.7 Å². The molecule has 3 heterocycles. The molecule has 0 aliphatic carbocycles. The zero-order valence-electron chi connectivity index (χ0n) is 17.3. The van der Waals surface area contributed by atoms with E-state index in [1.165, 1.54) is 34.0 Å². The molecule has 33 heavy (non-hydrogen) atoms. The summed E-state index contributed by atoms with van der Waals surface area (Å²) in [6.07, 6.45) is 4.23. The van der Waals surface area contributed by atoms with Crippen LogP contribution in [0.25, 0.3) is 22.1 Å². The topological polar surface area (TPSA) is 108 Å². The van der Waals surface area contributed by atoms with Gasteiger partial charge in [0.25, 0.3) is 11.5 Å². The van der Waals surface area contributed by atoms with Gasteiger partial charge in [0.1, 0.15) is 23.2 Å². The number of rotatable bonds is 6. The van der Waals surface area contributed by atoms with Gasteiger partial charge < -0.3 is 5.32 Å². The second-order valence-electron chi connectivity index (χ2n) is 7.37. The SMILES string of the molecule is O=C(NCCn1ncc2c(=O)n(Cc3ccccc3F)cnc21)c1cnc2ccccc2n1. The van der Waals surface area contributed by atoms with E-state index < -0.39 is 0 Å². The fourth-order valence-corrected chi connectivity index (χ4v) is 3.52. The summed E-state index contributed by atoms with van der Waals surface area (Å²) in [6.45, 7) is 0.632. The summed E-state index contributed by atoms with van der Waals surface area (Å²) >= 11 is 0. The highest BCUT2D eigenvalue weighted by Crippen LogP contribution is 2.10. The van der Waals surface area contributed by atoms with Crippen molar-refractivity contribution in [1.82, 2.24) is 34.6 Å². The van der Waals surface area contributed by atoms with Crippen molar-refractivity contribution in [1.29, 1.82) is 0 Å². The molecule has 0 saturated heterocycles. The number of hydrogen-bond donors (Lipinski definition) is 1. The third kappa shape index (κ3) is 4.05. The van der Waals surface area contributed by atoms with Gasteiger partial charge in [0.2, 0.25) is 0 Å². The number of aromatic nitrogens is 6. The Labute approximate surface area is 186 Å². The van der Waals surface area contributed by atoms with Gasteiger partial charge in [-0.2, -0.15) is 5.10 Å². The van der Waals surface area contributed by atoms with E-state index in [0.717, 1.165) is 0 Å². The molecular formula is C23H18FN7O2. The average Bonchev–Trinajstić information content (AvgIpc) is 3.25. The van der Waals surface area contributed by atoms with Gasteiger partial charge >= 0.3 is 0 Å². The standard InChI is InChI=1S/C23H18FN7O2/c24-17-6-2-1-5-15(17)13-30-14-27-21-16(23(30)33)11-28-31(21)10-9-25-22(32)20-12-26-18-7-3-4-8-19(18)29-20/h1-8,11-12,14H,9-10,13H2,(H,25,32). The summed E-state index contributed by atoms with van der Waals surface area (Å²) in [5.74, 6) is -0.739. The van der Waals surface area contributed by atoms with E-state index in [0.29, 0.717) is 34.2 Å². The largest absolute Gasteiger partial charge is 0.349 e. The predicted octanol–water partition coefficient (Wildman–Crippen LogP) is 2.15. The Morgan fingerprint density at radius 1 is 1.00 bits per heavy atom. The zero-order chi connectivity index (χ0) is 22.8. The van der Waals surface area contributed by atoms with Crippen LogP contribution in [0.4, 0.5) is 4.39 Å². The van der Waals surface area contributed by atoms with Crippen molar-refractivity contribution in [2.24, 2.45) is 0 Å². The van der Waals surface area contributed by atoms with Crippen LogP contribution in [0.3, 0.4) is 0 Å². The molecule has 0 saturated carbocycles. The number of para-hydroxylation sites is 2. The van der Waals surface area contributed by atoms with Gasteiger partial charge in [-0.25, -0.2) is 19.0 Å².